The summed E-state index contributed by atoms with van der Waals surface area (Å²) < 4.78 is 16.8. The smallest absolute Gasteiger partial charge is 0.308 e. The van der Waals surface area contributed by atoms with Crippen molar-refractivity contribution in [1.82, 2.24) is 0 Å². The van der Waals surface area contributed by atoms with Crippen molar-refractivity contribution in [3.05, 3.63) is 29.8 Å². The molecule has 0 bridgehead atoms. The van der Waals surface area contributed by atoms with Crippen LogP contribution >= 0.6 is 0 Å². The van der Waals surface area contributed by atoms with Crippen molar-refractivity contribution in [2.24, 2.45) is 0 Å². The fourth-order valence-corrected chi connectivity index (χ4v) is 3.83. The predicted molar refractivity (Wildman–Crippen MR) is 123 cm³/mol. The van der Waals surface area contributed by atoms with E-state index in [1.165, 1.54) is 0 Å². The van der Waals surface area contributed by atoms with Crippen LogP contribution in [0.3, 0.4) is 0 Å². The quantitative estimate of drug-likeness (QED) is 0.366. The van der Waals surface area contributed by atoms with E-state index >= 15 is 0 Å². The van der Waals surface area contributed by atoms with Crippen LogP contribution in [-0.4, -0.2) is 32.5 Å². The molecule has 0 heterocycles. The van der Waals surface area contributed by atoms with Gasteiger partial charge in [-0.25, -0.2) is 0 Å². The highest BCUT2D eigenvalue weighted by molar-refractivity contribution is 6.74. The van der Waals surface area contributed by atoms with Crippen LogP contribution in [0.4, 0.5) is 0 Å². The molecule has 0 N–H and O–H groups in total. The molecular weight excluding hydrogens is 410 g/mol. The monoisotopic (exact) mass is 447 g/mol. The summed E-state index contributed by atoms with van der Waals surface area (Å²) in [5.41, 5.74) is -0.827. The molecule has 0 unspecified atom stereocenters. The molecule has 0 radical (unpaired) electrons. The van der Waals surface area contributed by atoms with Crippen molar-refractivity contribution in [3.8, 4) is 11.8 Å². The lowest BCUT2D eigenvalue weighted by Crippen LogP contribution is -2.43. The minimum Gasteiger partial charge on any atom is -0.544 e. The maximum atomic E-state index is 12.4. The van der Waals surface area contributed by atoms with E-state index in [0.717, 1.165) is 0 Å². The summed E-state index contributed by atoms with van der Waals surface area (Å²) in [7, 11) is -2.02. The van der Waals surface area contributed by atoms with Gasteiger partial charge in [-0.3, -0.25) is 9.59 Å². The van der Waals surface area contributed by atoms with Gasteiger partial charge < -0.3 is 13.9 Å². The van der Waals surface area contributed by atoms with E-state index in [1.807, 2.05) is 0 Å². The Bertz CT molecular complexity index is 777. The van der Waals surface area contributed by atoms with Crippen LogP contribution < -0.4 is 4.43 Å². The molecule has 1 aromatic rings. The number of rotatable bonds is 9. The van der Waals surface area contributed by atoms with Crippen LogP contribution in [0.2, 0.25) is 18.1 Å². The molecule has 7 heteroatoms. The van der Waals surface area contributed by atoms with Crippen molar-refractivity contribution in [2.75, 3.05) is 0 Å². The van der Waals surface area contributed by atoms with Crippen LogP contribution in [0, 0.1) is 11.3 Å². The molecule has 31 heavy (non-hydrogen) atoms. The minimum atomic E-state index is -2.02. The average molecular weight is 448 g/mol. The SMILES string of the molecule is CC(C)OC(=O)CC(C#N)(CC(=O)OC(C)C)c1ccc(O[Si](C)(C)C(C)(C)C)cc1. The summed E-state index contributed by atoms with van der Waals surface area (Å²) in [5, 5.41) is 10.1. The Morgan fingerprint density at radius 1 is 0.935 bits per heavy atom. The third kappa shape index (κ3) is 7.70. The number of carbonyl (C=O) groups is 2. The van der Waals surface area contributed by atoms with E-state index < -0.39 is 25.7 Å². The van der Waals surface area contributed by atoms with Crippen molar-refractivity contribution >= 4 is 20.3 Å². The van der Waals surface area contributed by atoms with Gasteiger partial charge in [0.1, 0.15) is 11.2 Å². The zero-order valence-electron chi connectivity index (χ0n) is 20.4. The first-order valence-corrected chi connectivity index (χ1v) is 13.6. The van der Waals surface area contributed by atoms with Crippen molar-refractivity contribution in [1.29, 1.82) is 5.26 Å². The molecule has 0 fully saturated rings. The summed E-state index contributed by atoms with van der Waals surface area (Å²) in [6.07, 6.45) is -1.10. The molecule has 0 spiro atoms. The van der Waals surface area contributed by atoms with Gasteiger partial charge in [-0.15, -0.1) is 0 Å². The van der Waals surface area contributed by atoms with Crippen LogP contribution in [0.25, 0.3) is 0 Å². The number of esters is 2. The Balaban J connectivity index is 3.27. The summed E-state index contributed by atoms with van der Waals surface area (Å²) in [6, 6.07) is 9.28. The Kier molecular flexibility index (Phi) is 8.89. The second-order valence-corrected chi connectivity index (χ2v) is 14.7. The number of hydrogen-bond acceptors (Lipinski definition) is 6. The average Bonchev–Trinajstić information content (AvgIpc) is 2.58. The number of hydrogen-bond donors (Lipinski definition) is 0. The molecule has 0 aliphatic carbocycles. The van der Waals surface area contributed by atoms with Gasteiger partial charge in [-0.05, 0) is 63.5 Å². The van der Waals surface area contributed by atoms with Gasteiger partial charge in [0.05, 0.1) is 31.1 Å². The van der Waals surface area contributed by atoms with Gasteiger partial charge in [0.2, 0.25) is 8.32 Å². The van der Waals surface area contributed by atoms with Gasteiger partial charge in [0.25, 0.3) is 0 Å². The maximum absolute atomic E-state index is 12.4. The van der Waals surface area contributed by atoms with Crippen LogP contribution in [-0.2, 0) is 24.5 Å². The normalized spacial score (nSPS) is 12.5. The van der Waals surface area contributed by atoms with Crippen LogP contribution in [0.5, 0.6) is 5.75 Å². The van der Waals surface area contributed by atoms with Gasteiger partial charge in [-0.1, -0.05) is 32.9 Å². The Hall–Kier alpha value is -2.33. The Morgan fingerprint density at radius 2 is 1.35 bits per heavy atom. The van der Waals surface area contributed by atoms with E-state index in [2.05, 4.69) is 39.9 Å². The second-order valence-electron chi connectivity index (χ2n) is 10.0. The third-order valence-corrected chi connectivity index (χ3v) is 9.79. The zero-order chi connectivity index (χ0) is 24.0. The second kappa shape index (κ2) is 10.3. The first-order chi connectivity index (χ1) is 14.1. The fraction of sp³-hybridized carbons (Fsp3) is 0.625. The molecule has 0 saturated carbocycles. The van der Waals surface area contributed by atoms with Crippen molar-refractivity contribution in [2.45, 2.75) is 97.1 Å². The molecule has 1 aromatic carbocycles. The standard InChI is InChI=1S/C24H37NO5Si/c1-17(2)28-21(26)14-24(16-25,15-22(27)29-18(3)4)19-10-12-20(13-11-19)30-31(8,9)23(5,6)7/h10-13,17-18H,14-15H2,1-9H3. The van der Waals surface area contributed by atoms with E-state index in [9.17, 15) is 14.9 Å². The van der Waals surface area contributed by atoms with E-state index in [-0.39, 0.29) is 30.1 Å². The first kappa shape index (κ1) is 26.7. The molecule has 0 saturated heterocycles. The largest absolute Gasteiger partial charge is 0.544 e. The van der Waals surface area contributed by atoms with Gasteiger partial charge in [0, 0.05) is 0 Å². The summed E-state index contributed by atoms with van der Waals surface area (Å²) >= 11 is 0. The van der Waals surface area contributed by atoms with Gasteiger partial charge in [0.15, 0.2) is 0 Å². The molecule has 0 aromatic heterocycles. The maximum Gasteiger partial charge on any atom is 0.308 e. The molecule has 172 valence electrons. The summed E-state index contributed by atoms with van der Waals surface area (Å²) in [6.45, 7) is 17.8. The molecule has 0 amide bonds. The molecule has 0 aliphatic heterocycles. The fourth-order valence-electron chi connectivity index (χ4n) is 2.80. The van der Waals surface area contributed by atoms with Crippen LogP contribution in [0.15, 0.2) is 24.3 Å². The summed E-state index contributed by atoms with van der Waals surface area (Å²) in [4.78, 5) is 24.9. The number of carbonyl (C=O) groups excluding carboxylic acids is 2. The number of nitriles is 1. The number of ether oxygens (including phenoxy) is 2. The first-order valence-electron chi connectivity index (χ1n) is 10.7. The lowest BCUT2D eigenvalue weighted by atomic mass is 9.76. The Morgan fingerprint density at radius 3 is 1.68 bits per heavy atom. The lowest BCUT2D eigenvalue weighted by molar-refractivity contribution is -0.151. The zero-order valence-corrected chi connectivity index (χ0v) is 21.4. The van der Waals surface area contributed by atoms with E-state index in [4.69, 9.17) is 13.9 Å². The van der Waals surface area contributed by atoms with Crippen molar-refractivity contribution in [3.63, 3.8) is 0 Å². The highest BCUT2D eigenvalue weighted by atomic mass is 28.4. The van der Waals surface area contributed by atoms with Crippen LogP contribution in [0.1, 0.15) is 66.9 Å². The van der Waals surface area contributed by atoms with E-state index in [1.54, 1.807) is 52.0 Å². The molecular formula is C24H37NO5Si. The number of benzene rings is 1. The summed E-state index contributed by atoms with van der Waals surface area (Å²) in [5.74, 6) is -0.359. The van der Waals surface area contributed by atoms with Crippen molar-refractivity contribution < 1.29 is 23.5 Å². The molecule has 0 aliphatic rings. The van der Waals surface area contributed by atoms with E-state index in [0.29, 0.717) is 11.3 Å². The van der Waals surface area contributed by atoms with Gasteiger partial charge >= 0.3 is 11.9 Å². The third-order valence-electron chi connectivity index (χ3n) is 5.43. The molecule has 0 atom stereocenters. The minimum absolute atomic E-state index is 0.0449. The molecule has 1 rings (SSSR count). The lowest BCUT2D eigenvalue weighted by Gasteiger charge is -2.36. The molecule has 6 nitrogen and oxygen atoms in total. The highest BCUT2D eigenvalue weighted by Gasteiger charge is 2.41. The predicted octanol–water partition coefficient (Wildman–Crippen LogP) is 5.52. The van der Waals surface area contributed by atoms with Gasteiger partial charge in [-0.2, -0.15) is 5.26 Å². The highest BCUT2D eigenvalue weighted by Crippen LogP contribution is 2.38. The topological polar surface area (TPSA) is 85.6 Å². The number of nitrogens with zero attached hydrogens (tertiary/aromatic N) is 1. The Labute approximate surface area is 188 Å².